The smallest absolute Gasteiger partial charge is 0.352 e. The highest BCUT2D eigenvalue weighted by atomic mass is 28.3. The SMILES string of the molecule is CO[SiH](OC)C1CNCCO1. The average molecular weight is 177 g/mol. The van der Waals surface area contributed by atoms with Gasteiger partial charge < -0.3 is 18.9 Å². The number of nitrogens with one attached hydrogen (secondary N) is 1. The van der Waals surface area contributed by atoms with Gasteiger partial charge in [0.25, 0.3) is 0 Å². The molecule has 1 heterocycles. The first-order valence-corrected chi connectivity index (χ1v) is 5.37. The Hall–Kier alpha value is 0.0569. The lowest BCUT2D eigenvalue weighted by Gasteiger charge is -2.27. The molecule has 1 atom stereocenters. The fourth-order valence-corrected chi connectivity index (χ4v) is 2.61. The average Bonchev–Trinajstić information content (AvgIpc) is 2.09. The Kier molecular flexibility index (Phi) is 4.02. The molecule has 0 aromatic rings. The second kappa shape index (κ2) is 4.84. The Morgan fingerprint density at radius 2 is 2.18 bits per heavy atom. The van der Waals surface area contributed by atoms with Gasteiger partial charge in [0.05, 0.1) is 6.61 Å². The second-order valence-corrected chi connectivity index (χ2v) is 4.88. The number of hydrogen-bond acceptors (Lipinski definition) is 4. The third kappa shape index (κ3) is 2.53. The van der Waals surface area contributed by atoms with Crippen LogP contribution >= 0.6 is 0 Å². The molecule has 1 saturated heterocycles. The summed E-state index contributed by atoms with van der Waals surface area (Å²) in [6.45, 7) is 2.56. The first-order chi connectivity index (χ1) is 5.38. The summed E-state index contributed by atoms with van der Waals surface area (Å²) >= 11 is 0. The molecule has 1 aliphatic heterocycles. The van der Waals surface area contributed by atoms with E-state index in [9.17, 15) is 0 Å². The number of morpholine rings is 1. The van der Waals surface area contributed by atoms with Gasteiger partial charge in [0.15, 0.2) is 0 Å². The molecule has 0 saturated carbocycles. The van der Waals surface area contributed by atoms with E-state index in [1.807, 2.05) is 0 Å². The van der Waals surface area contributed by atoms with Gasteiger partial charge in [-0.1, -0.05) is 0 Å². The van der Waals surface area contributed by atoms with E-state index in [0.717, 1.165) is 19.7 Å². The van der Waals surface area contributed by atoms with Crippen molar-refractivity contribution < 1.29 is 13.6 Å². The predicted molar refractivity (Wildman–Crippen MR) is 43.8 cm³/mol. The Bertz CT molecular complexity index is 104. The Labute approximate surface area is 68.7 Å². The Balaban J connectivity index is 2.30. The first kappa shape index (κ1) is 9.15. The van der Waals surface area contributed by atoms with Crippen molar-refractivity contribution in [1.29, 1.82) is 0 Å². The van der Waals surface area contributed by atoms with Gasteiger partial charge >= 0.3 is 9.28 Å². The van der Waals surface area contributed by atoms with Gasteiger partial charge in [-0.15, -0.1) is 0 Å². The van der Waals surface area contributed by atoms with Crippen molar-refractivity contribution in [2.75, 3.05) is 33.9 Å². The summed E-state index contributed by atoms with van der Waals surface area (Å²) in [4.78, 5) is 0. The summed E-state index contributed by atoms with van der Waals surface area (Å²) in [7, 11) is 1.80. The van der Waals surface area contributed by atoms with Gasteiger partial charge in [-0.2, -0.15) is 0 Å². The lowest BCUT2D eigenvalue weighted by molar-refractivity contribution is 0.0477. The molecule has 11 heavy (non-hydrogen) atoms. The molecule has 4 nitrogen and oxygen atoms in total. The van der Waals surface area contributed by atoms with Gasteiger partial charge in [-0.3, -0.25) is 0 Å². The molecule has 0 spiro atoms. The van der Waals surface area contributed by atoms with Gasteiger partial charge in [0.2, 0.25) is 0 Å². The molecule has 0 radical (unpaired) electrons. The van der Waals surface area contributed by atoms with Crippen LogP contribution in [0.2, 0.25) is 0 Å². The molecule has 0 aromatic heterocycles. The molecule has 1 aliphatic rings. The Morgan fingerprint density at radius 3 is 2.64 bits per heavy atom. The van der Waals surface area contributed by atoms with Crippen molar-refractivity contribution in [1.82, 2.24) is 5.32 Å². The maximum absolute atomic E-state index is 5.47. The van der Waals surface area contributed by atoms with Crippen molar-refractivity contribution in [3.63, 3.8) is 0 Å². The first-order valence-electron chi connectivity index (χ1n) is 3.76. The molecular weight excluding hydrogens is 162 g/mol. The van der Waals surface area contributed by atoms with Crippen LogP contribution in [0.25, 0.3) is 0 Å². The minimum atomic E-state index is -1.56. The lowest BCUT2D eigenvalue weighted by atomic mass is 10.5. The van der Waals surface area contributed by atoms with E-state index in [0.29, 0.717) is 0 Å². The van der Waals surface area contributed by atoms with Gasteiger partial charge in [-0.05, 0) is 0 Å². The summed E-state index contributed by atoms with van der Waals surface area (Å²) < 4.78 is 15.9. The molecule has 5 heteroatoms. The van der Waals surface area contributed by atoms with E-state index in [2.05, 4.69) is 5.32 Å². The van der Waals surface area contributed by atoms with Gasteiger partial charge in [0, 0.05) is 27.3 Å². The maximum Gasteiger partial charge on any atom is 0.352 e. The van der Waals surface area contributed by atoms with Crippen LogP contribution in [0, 0.1) is 0 Å². The van der Waals surface area contributed by atoms with Crippen LogP contribution in [0.4, 0.5) is 0 Å². The quantitative estimate of drug-likeness (QED) is 0.563. The topological polar surface area (TPSA) is 39.7 Å². The largest absolute Gasteiger partial charge is 0.398 e. The molecule has 0 aliphatic carbocycles. The minimum Gasteiger partial charge on any atom is -0.398 e. The maximum atomic E-state index is 5.47. The predicted octanol–water partition coefficient (Wildman–Crippen LogP) is -0.973. The van der Waals surface area contributed by atoms with Crippen LogP contribution in [0.3, 0.4) is 0 Å². The fourth-order valence-electron chi connectivity index (χ4n) is 1.16. The van der Waals surface area contributed by atoms with E-state index in [1.165, 1.54) is 0 Å². The molecule has 0 amide bonds. The summed E-state index contributed by atoms with van der Waals surface area (Å²) in [5, 5.41) is 3.23. The highest BCUT2D eigenvalue weighted by Crippen LogP contribution is 2.01. The second-order valence-electron chi connectivity index (χ2n) is 2.45. The molecule has 1 N–H and O–H groups in total. The number of rotatable bonds is 3. The third-order valence-corrected chi connectivity index (χ3v) is 3.69. The van der Waals surface area contributed by atoms with Crippen LogP contribution in [0.5, 0.6) is 0 Å². The molecule has 0 aromatic carbocycles. The Morgan fingerprint density at radius 1 is 1.45 bits per heavy atom. The standard InChI is InChI=1S/C6H15NO3Si/c1-8-11(9-2)6-5-7-3-4-10-6/h6-7,11H,3-5H2,1-2H3. The van der Waals surface area contributed by atoms with E-state index in [1.54, 1.807) is 14.2 Å². The van der Waals surface area contributed by atoms with Crippen molar-refractivity contribution in [2.45, 2.75) is 5.73 Å². The highest BCUT2D eigenvalue weighted by Gasteiger charge is 2.26. The van der Waals surface area contributed by atoms with Crippen LogP contribution in [-0.2, 0) is 13.6 Å². The van der Waals surface area contributed by atoms with E-state index in [4.69, 9.17) is 13.6 Å². The molecule has 1 fully saturated rings. The zero-order chi connectivity index (χ0) is 8.10. The summed E-state index contributed by atoms with van der Waals surface area (Å²) in [5.41, 5.74) is 0.166. The van der Waals surface area contributed by atoms with Gasteiger partial charge in [0.1, 0.15) is 5.73 Å². The zero-order valence-corrected chi connectivity index (χ0v) is 8.16. The normalized spacial score (nSPS) is 25.9. The molecule has 0 bridgehead atoms. The number of hydrogen-bond donors (Lipinski definition) is 1. The van der Waals surface area contributed by atoms with Crippen molar-refractivity contribution in [3.05, 3.63) is 0 Å². The van der Waals surface area contributed by atoms with E-state index < -0.39 is 9.28 Å². The summed E-state index contributed by atoms with van der Waals surface area (Å²) in [6.07, 6.45) is 0. The third-order valence-electron chi connectivity index (χ3n) is 1.72. The van der Waals surface area contributed by atoms with Crippen LogP contribution in [0.15, 0.2) is 0 Å². The molecule has 1 rings (SSSR count). The van der Waals surface area contributed by atoms with Crippen LogP contribution in [0.1, 0.15) is 0 Å². The van der Waals surface area contributed by atoms with E-state index in [-0.39, 0.29) is 5.73 Å². The van der Waals surface area contributed by atoms with Crippen LogP contribution < -0.4 is 5.32 Å². The summed E-state index contributed by atoms with van der Waals surface area (Å²) in [5.74, 6) is 0. The zero-order valence-electron chi connectivity index (χ0n) is 7.00. The number of ether oxygens (including phenoxy) is 1. The van der Waals surface area contributed by atoms with Crippen molar-refractivity contribution >= 4 is 9.28 Å². The fraction of sp³-hybridized carbons (Fsp3) is 1.00. The highest BCUT2D eigenvalue weighted by molar-refractivity contribution is 6.46. The molecular formula is C6H15NO3Si. The van der Waals surface area contributed by atoms with Crippen molar-refractivity contribution in [2.24, 2.45) is 0 Å². The minimum absolute atomic E-state index is 0.166. The molecule has 66 valence electrons. The lowest BCUT2D eigenvalue weighted by Crippen LogP contribution is -2.49. The van der Waals surface area contributed by atoms with Crippen molar-refractivity contribution in [3.8, 4) is 0 Å². The monoisotopic (exact) mass is 177 g/mol. The van der Waals surface area contributed by atoms with E-state index >= 15 is 0 Å². The summed E-state index contributed by atoms with van der Waals surface area (Å²) in [6, 6.07) is 0. The van der Waals surface area contributed by atoms with Gasteiger partial charge in [-0.25, -0.2) is 0 Å². The van der Waals surface area contributed by atoms with Crippen LogP contribution in [-0.4, -0.2) is 48.9 Å². The molecule has 1 unspecified atom stereocenters.